The molecule has 0 amide bonds. The van der Waals surface area contributed by atoms with E-state index in [1.165, 1.54) is 5.56 Å². The Hall–Kier alpha value is -1.75. The molecule has 0 aliphatic rings. The van der Waals surface area contributed by atoms with Gasteiger partial charge in [0.05, 0.1) is 10.6 Å². The third-order valence-corrected chi connectivity index (χ3v) is 4.66. The molecule has 2 heterocycles. The minimum Gasteiger partial charge on any atom is -0.310 e. The van der Waals surface area contributed by atoms with Gasteiger partial charge < -0.3 is 5.32 Å². The van der Waals surface area contributed by atoms with E-state index >= 15 is 0 Å². The first-order valence-corrected chi connectivity index (χ1v) is 8.32. The summed E-state index contributed by atoms with van der Waals surface area (Å²) < 4.78 is 0. The quantitative estimate of drug-likeness (QED) is 0.689. The molecule has 0 unspecified atom stereocenters. The summed E-state index contributed by atoms with van der Waals surface area (Å²) >= 11 is 7.82. The Bertz CT molecular complexity index is 728. The van der Waals surface area contributed by atoms with Crippen LogP contribution in [-0.4, -0.2) is 16.5 Å². The highest BCUT2D eigenvalue weighted by Crippen LogP contribution is 2.23. The fourth-order valence-corrected chi connectivity index (χ4v) is 3.23. The van der Waals surface area contributed by atoms with Crippen LogP contribution in [0.25, 0.3) is 10.6 Å². The van der Waals surface area contributed by atoms with Gasteiger partial charge in [-0.3, -0.25) is 4.98 Å². The largest absolute Gasteiger partial charge is 0.310 e. The maximum absolute atomic E-state index is 6.15. The van der Waals surface area contributed by atoms with Crippen LogP contribution in [0.4, 0.5) is 0 Å². The summed E-state index contributed by atoms with van der Waals surface area (Å²) in [5.41, 5.74) is 2.15. The lowest BCUT2D eigenvalue weighted by Gasteiger charge is -2.04. The number of halogens is 1. The van der Waals surface area contributed by atoms with Crippen molar-refractivity contribution in [2.45, 2.75) is 13.0 Å². The monoisotopic (exact) mass is 329 g/mol. The third kappa shape index (κ3) is 3.91. The van der Waals surface area contributed by atoms with Crippen molar-refractivity contribution in [3.8, 4) is 10.6 Å². The molecule has 3 rings (SSSR count). The van der Waals surface area contributed by atoms with Gasteiger partial charge in [-0.15, -0.1) is 11.3 Å². The summed E-state index contributed by atoms with van der Waals surface area (Å²) in [7, 11) is 0. The molecule has 0 aliphatic heterocycles. The lowest BCUT2D eigenvalue weighted by Crippen LogP contribution is -2.16. The van der Waals surface area contributed by atoms with Crippen molar-refractivity contribution in [1.82, 2.24) is 15.3 Å². The first kappa shape index (κ1) is 15.2. The summed E-state index contributed by atoms with van der Waals surface area (Å²) in [4.78, 5) is 9.89. The van der Waals surface area contributed by atoms with Gasteiger partial charge in [0.15, 0.2) is 0 Å². The molecular weight excluding hydrogens is 314 g/mol. The summed E-state index contributed by atoms with van der Waals surface area (Å²) in [5.74, 6) is 0. The molecule has 2 aromatic heterocycles. The minimum absolute atomic E-state index is 0.766. The maximum Gasteiger partial charge on any atom is 0.107 e. The van der Waals surface area contributed by atoms with E-state index in [9.17, 15) is 0 Å². The van der Waals surface area contributed by atoms with Gasteiger partial charge in [-0.1, -0.05) is 35.9 Å². The number of pyridine rings is 1. The average molecular weight is 330 g/mol. The SMILES string of the molecule is Clc1ccccc1CCNCc1ncc(-c2ccccn2)s1. The van der Waals surface area contributed by atoms with Gasteiger partial charge in [0, 0.05) is 24.0 Å². The molecule has 0 saturated heterocycles. The van der Waals surface area contributed by atoms with Crippen LogP contribution in [0.2, 0.25) is 5.02 Å². The van der Waals surface area contributed by atoms with Crippen LogP contribution in [0.15, 0.2) is 54.9 Å². The zero-order chi connectivity index (χ0) is 15.2. The van der Waals surface area contributed by atoms with E-state index in [1.54, 1.807) is 17.5 Å². The number of nitrogens with zero attached hydrogens (tertiary/aromatic N) is 2. The summed E-state index contributed by atoms with van der Waals surface area (Å²) in [6, 6.07) is 13.9. The van der Waals surface area contributed by atoms with Gasteiger partial charge in [0.1, 0.15) is 5.01 Å². The van der Waals surface area contributed by atoms with Crippen molar-refractivity contribution in [2.24, 2.45) is 0 Å². The first-order valence-electron chi connectivity index (χ1n) is 7.13. The third-order valence-electron chi connectivity index (χ3n) is 3.28. The molecule has 0 atom stereocenters. The smallest absolute Gasteiger partial charge is 0.107 e. The zero-order valence-electron chi connectivity index (χ0n) is 12.0. The molecule has 1 N–H and O–H groups in total. The summed E-state index contributed by atoms with van der Waals surface area (Å²) in [6.45, 7) is 1.64. The Morgan fingerprint density at radius 3 is 2.73 bits per heavy atom. The van der Waals surface area contributed by atoms with E-state index in [4.69, 9.17) is 11.6 Å². The number of benzene rings is 1. The first-order chi connectivity index (χ1) is 10.8. The number of nitrogens with one attached hydrogen (secondary N) is 1. The van der Waals surface area contributed by atoms with Gasteiger partial charge in [-0.25, -0.2) is 4.98 Å². The van der Waals surface area contributed by atoms with Gasteiger partial charge in [0.2, 0.25) is 0 Å². The Balaban J connectivity index is 1.51. The van der Waals surface area contributed by atoms with Crippen molar-refractivity contribution in [2.75, 3.05) is 6.54 Å². The molecule has 0 saturated carbocycles. The predicted octanol–water partition coefficient (Wildman–Crippen LogP) is 4.19. The summed E-state index contributed by atoms with van der Waals surface area (Å²) in [5, 5.41) is 5.31. The molecule has 0 fully saturated rings. The number of hydrogen-bond acceptors (Lipinski definition) is 4. The van der Waals surface area contributed by atoms with Crippen molar-refractivity contribution < 1.29 is 0 Å². The molecule has 5 heteroatoms. The Morgan fingerprint density at radius 2 is 1.91 bits per heavy atom. The molecule has 0 spiro atoms. The molecular formula is C17H16ClN3S. The van der Waals surface area contributed by atoms with Crippen molar-refractivity contribution in [3.63, 3.8) is 0 Å². The number of rotatable bonds is 6. The topological polar surface area (TPSA) is 37.8 Å². The van der Waals surface area contributed by atoms with E-state index in [1.807, 2.05) is 42.6 Å². The van der Waals surface area contributed by atoms with Gasteiger partial charge in [0.25, 0.3) is 0 Å². The second-order valence-corrected chi connectivity index (χ2v) is 6.37. The van der Waals surface area contributed by atoms with Crippen LogP contribution in [0.3, 0.4) is 0 Å². The molecule has 112 valence electrons. The molecule has 0 aliphatic carbocycles. The lowest BCUT2D eigenvalue weighted by atomic mass is 10.1. The Kier molecular flexibility index (Phi) is 5.16. The van der Waals surface area contributed by atoms with E-state index in [0.717, 1.165) is 40.1 Å². The highest BCUT2D eigenvalue weighted by molar-refractivity contribution is 7.15. The maximum atomic E-state index is 6.15. The predicted molar refractivity (Wildman–Crippen MR) is 92.2 cm³/mol. The molecule has 0 radical (unpaired) electrons. The Labute approximate surface area is 139 Å². The van der Waals surface area contributed by atoms with Gasteiger partial charge in [-0.2, -0.15) is 0 Å². The summed E-state index contributed by atoms with van der Waals surface area (Å²) in [6.07, 6.45) is 4.60. The van der Waals surface area contributed by atoms with Crippen LogP contribution in [0.5, 0.6) is 0 Å². The van der Waals surface area contributed by atoms with Crippen LogP contribution in [0, 0.1) is 0 Å². The number of aromatic nitrogens is 2. The fourth-order valence-electron chi connectivity index (χ4n) is 2.14. The molecule has 22 heavy (non-hydrogen) atoms. The Morgan fingerprint density at radius 1 is 1.05 bits per heavy atom. The molecule has 3 nitrogen and oxygen atoms in total. The molecule has 1 aromatic carbocycles. The second-order valence-electron chi connectivity index (χ2n) is 4.85. The van der Waals surface area contributed by atoms with Crippen LogP contribution in [-0.2, 0) is 13.0 Å². The van der Waals surface area contributed by atoms with Crippen LogP contribution in [0.1, 0.15) is 10.6 Å². The molecule has 3 aromatic rings. The van der Waals surface area contributed by atoms with Crippen molar-refractivity contribution in [1.29, 1.82) is 0 Å². The van der Waals surface area contributed by atoms with Gasteiger partial charge >= 0.3 is 0 Å². The van der Waals surface area contributed by atoms with E-state index in [0.29, 0.717) is 0 Å². The highest BCUT2D eigenvalue weighted by atomic mass is 35.5. The molecule has 0 bridgehead atoms. The van der Waals surface area contributed by atoms with Crippen molar-refractivity contribution >= 4 is 22.9 Å². The second kappa shape index (κ2) is 7.49. The van der Waals surface area contributed by atoms with Crippen LogP contribution < -0.4 is 5.32 Å². The van der Waals surface area contributed by atoms with Crippen LogP contribution >= 0.6 is 22.9 Å². The zero-order valence-corrected chi connectivity index (χ0v) is 13.6. The van der Waals surface area contributed by atoms with E-state index < -0.39 is 0 Å². The lowest BCUT2D eigenvalue weighted by molar-refractivity contribution is 0.684. The fraction of sp³-hybridized carbons (Fsp3) is 0.176. The number of hydrogen-bond donors (Lipinski definition) is 1. The minimum atomic E-state index is 0.766. The van der Waals surface area contributed by atoms with Gasteiger partial charge in [-0.05, 0) is 36.7 Å². The van der Waals surface area contributed by atoms with E-state index in [2.05, 4.69) is 21.4 Å². The number of thiazole rings is 1. The standard InChI is InChI=1S/C17H16ClN3S/c18-14-6-2-1-5-13(14)8-10-19-12-17-21-11-16(22-17)15-7-3-4-9-20-15/h1-7,9,11,19H,8,10,12H2. The van der Waals surface area contributed by atoms with E-state index in [-0.39, 0.29) is 0 Å². The van der Waals surface area contributed by atoms with Crippen molar-refractivity contribution in [3.05, 3.63) is 70.5 Å². The highest BCUT2D eigenvalue weighted by Gasteiger charge is 2.05. The normalized spacial score (nSPS) is 10.8. The average Bonchev–Trinajstić information content (AvgIpc) is 3.03.